The van der Waals surface area contributed by atoms with E-state index < -0.39 is 0 Å². The zero-order valence-corrected chi connectivity index (χ0v) is 16.0. The standard InChI is InChI=1S/C23H21FN2O3/c1-16-14-29-22-7-2-18(17-8-10-25-11-9-17)12-19(22)13-26(16)23(27)15-28-21-5-3-20(24)4-6-21/h2-12,16H,13-15H2,1H3/t16-/m0/s1. The molecule has 6 heteroatoms. The summed E-state index contributed by atoms with van der Waals surface area (Å²) in [6.45, 7) is 2.67. The minimum absolute atomic E-state index is 0.101. The van der Waals surface area contributed by atoms with Crippen molar-refractivity contribution in [1.29, 1.82) is 0 Å². The molecule has 0 bridgehead atoms. The quantitative estimate of drug-likeness (QED) is 0.672. The lowest BCUT2D eigenvalue weighted by atomic mass is 10.0. The molecule has 0 saturated carbocycles. The molecule has 1 amide bonds. The van der Waals surface area contributed by atoms with E-state index in [2.05, 4.69) is 4.98 Å². The molecule has 1 atom stereocenters. The summed E-state index contributed by atoms with van der Waals surface area (Å²) in [5.74, 6) is 0.749. The number of amides is 1. The molecule has 2 aromatic carbocycles. The molecule has 0 radical (unpaired) electrons. The summed E-state index contributed by atoms with van der Waals surface area (Å²) in [6.07, 6.45) is 3.50. The molecule has 1 aromatic heterocycles. The number of carbonyl (C=O) groups is 1. The second kappa shape index (κ2) is 8.31. The van der Waals surface area contributed by atoms with Crippen LogP contribution in [-0.4, -0.2) is 35.0 Å². The molecular weight excluding hydrogens is 371 g/mol. The Morgan fingerprint density at radius 2 is 1.90 bits per heavy atom. The highest BCUT2D eigenvalue weighted by atomic mass is 19.1. The fraction of sp³-hybridized carbons (Fsp3) is 0.217. The smallest absolute Gasteiger partial charge is 0.261 e. The molecule has 148 valence electrons. The van der Waals surface area contributed by atoms with E-state index in [4.69, 9.17) is 9.47 Å². The number of halogens is 1. The lowest BCUT2D eigenvalue weighted by Crippen LogP contribution is -2.42. The van der Waals surface area contributed by atoms with Crippen LogP contribution in [0, 0.1) is 5.82 Å². The highest BCUT2D eigenvalue weighted by Gasteiger charge is 2.26. The molecule has 1 aliphatic heterocycles. The van der Waals surface area contributed by atoms with Crippen molar-refractivity contribution >= 4 is 5.91 Å². The first-order chi connectivity index (χ1) is 14.1. The molecule has 5 nitrogen and oxygen atoms in total. The van der Waals surface area contributed by atoms with Crippen LogP contribution >= 0.6 is 0 Å². The maximum absolute atomic E-state index is 13.0. The Hall–Kier alpha value is -3.41. The minimum Gasteiger partial charge on any atom is -0.491 e. The van der Waals surface area contributed by atoms with Crippen molar-refractivity contribution < 1.29 is 18.7 Å². The van der Waals surface area contributed by atoms with Crippen molar-refractivity contribution in [2.24, 2.45) is 0 Å². The first-order valence-corrected chi connectivity index (χ1v) is 9.44. The van der Waals surface area contributed by atoms with Crippen LogP contribution in [0.5, 0.6) is 11.5 Å². The van der Waals surface area contributed by atoms with Gasteiger partial charge in [-0.2, -0.15) is 0 Å². The number of benzene rings is 2. The first-order valence-electron chi connectivity index (χ1n) is 9.44. The zero-order valence-electron chi connectivity index (χ0n) is 16.0. The third-order valence-corrected chi connectivity index (χ3v) is 4.92. The van der Waals surface area contributed by atoms with E-state index in [1.165, 1.54) is 24.3 Å². The molecule has 2 heterocycles. The fourth-order valence-electron chi connectivity index (χ4n) is 3.30. The Bertz CT molecular complexity index is 993. The van der Waals surface area contributed by atoms with Gasteiger partial charge in [0.2, 0.25) is 0 Å². The van der Waals surface area contributed by atoms with Gasteiger partial charge in [0.1, 0.15) is 23.9 Å². The second-order valence-corrected chi connectivity index (χ2v) is 6.98. The Labute approximate surface area is 168 Å². The summed E-state index contributed by atoms with van der Waals surface area (Å²) in [5, 5.41) is 0. The van der Waals surface area contributed by atoms with E-state index in [0.29, 0.717) is 18.9 Å². The SMILES string of the molecule is C[C@H]1COc2ccc(-c3ccncc3)cc2CN1C(=O)COc1ccc(F)cc1. The van der Waals surface area contributed by atoms with Crippen molar-refractivity contribution in [2.75, 3.05) is 13.2 Å². The molecule has 0 unspecified atom stereocenters. The van der Waals surface area contributed by atoms with Crippen LogP contribution in [-0.2, 0) is 11.3 Å². The second-order valence-electron chi connectivity index (χ2n) is 6.98. The summed E-state index contributed by atoms with van der Waals surface area (Å²) in [6, 6.07) is 15.4. The molecule has 0 spiro atoms. The lowest BCUT2D eigenvalue weighted by molar-refractivity contribution is -0.136. The van der Waals surface area contributed by atoms with Crippen LogP contribution < -0.4 is 9.47 Å². The lowest BCUT2D eigenvalue weighted by Gasteiger charge is -2.26. The van der Waals surface area contributed by atoms with Crippen molar-refractivity contribution in [3.63, 3.8) is 0 Å². The zero-order chi connectivity index (χ0) is 20.2. The van der Waals surface area contributed by atoms with Gasteiger partial charge in [-0.3, -0.25) is 9.78 Å². The minimum atomic E-state index is -0.344. The number of nitrogens with zero attached hydrogens (tertiary/aromatic N) is 2. The molecule has 3 aromatic rings. The van der Waals surface area contributed by atoms with Crippen LogP contribution in [0.15, 0.2) is 67.0 Å². The topological polar surface area (TPSA) is 51.7 Å². The highest BCUT2D eigenvalue weighted by Crippen LogP contribution is 2.30. The fourth-order valence-corrected chi connectivity index (χ4v) is 3.30. The first kappa shape index (κ1) is 18.9. The average Bonchev–Trinajstić information content (AvgIpc) is 2.92. The van der Waals surface area contributed by atoms with Gasteiger partial charge in [-0.1, -0.05) is 6.07 Å². The molecule has 29 heavy (non-hydrogen) atoms. The number of fused-ring (bicyclic) bond motifs is 1. The molecule has 0 aliphatic carbocycles. The van der Waals surface area contributed by atoms with E-state index in [9.17, 15) is 9.18 Å². The Morgan fingerprint density at radius 3 is 2.66 bits per heavy atom. The van der Waals surface area contributed by atoms with Gasteiger partial charge in [-0.05, 0) is 66.6 Å². The Balaban J connectivity index is 1.51. The van der Waals surface area contributed by atoms with Gasteiger partial charge in [0.05, 0.1) is 6.04 Å². The molecule has 0 saturated heterocycles. The molecule has 1 aliphatic rings. The van der Waals surface area contributed by atoms with Crippen LogP contribution in [0.2, 0.25) is 0 Å². The summed E-state index contributed by atoms with van der Waals surface area (Å²) < 4.78 is 24.5. The van der Waals surface area contributed by atoms with E-state index >= 15 is 0 Å². The van der Waals surface area contributed by atoms with Crippen LogP contribution in [0.1, 0.15) is 12.5 Å². The maximum Gasteiger partial charge on any atom is 0.261 e. The number of ether oxygens (including phenoxy) is 2. The predicted molar refractivity (Wildman–Crippen MR) is 107 cm³/mol. The molecular formula is C23H21FN2O3. The summed E-state index contributed by atoms with van der Waals surface area (Å²) in [4.78, 5) is 18.6. The van der Waals surface area contributed by atoms with Crippen LogP contribution in [0.25, 0.3) is 11.1 Å². The van der Waals surface area contributed by atoms with Crippen LogP contribution in [0.4, 0.5) is 4.39 Å². The average molecular weight is 392 g/mol. The van der Waals surface area contributed by atoms with Gasteiger partial charge >= 0.3 is 0 Å². The number of rotatable bonds is 4. The van der Waals surface area contributed by atoms with Gasteiger partial charge in [0, 0.05) is 24.5 Å². The van der Waals surface area contributed by atoms with E-state index in [-0.39, 0.29) is 24.4 Å². The van der Waals surface area contributed by atoms with Gasteiger partial charge in [0.25, 0.3) is 5.91 Å². The van der Waals surface area contributed by atoms with E-state index in [1.54, 1.807) is 17.3 Å². The van der Waals surface area contributed by atoms with E-state index in [1.807, 2.05) is 37.3 Å². The number of carbonyl (C=O) groups excluding carboxylic acids is 1. The normalized spacial score (nSPS) is 15.8. The molecule has 0 N–H and O–H groups in total. The Kier molecular flexibility index (Phi) is 5.42. The Morgan fingerprint density at radius 1 is 1.14 bits per heavy atom. The summed E-state index contributed by atoms with van der Waals surface area (Å²) in [5.41, 5.74) is 3.04. The van der Waals surface area contributed by atoms with E-state index in [0.717, 1.165) is 22.4 Å². The van der Waals surface area contributed by atoms with Gasteiger partial charge in [-0.15, -0.1) is 0 Å². The largest absolute Gasteiger partial charge is 0.491 e. The van der Waals surface area contributed by atoms with Gasteiger partial charge in [0.15, 0.2) is 6.61 Å². The third-order valence-electron chi connectivity index (χ3n) is 4.92. The number of pyridine rings is 1. The third kappa shape index (κ3) is 4.37. The van der Waals surface area contributed by atoms with Crippen molar-refractivity contribution in [3.05, 3.63) is 78.4 Å². The van der Waals surface area contributed by atoms with Crippen LogP contribution in [0.3, 0.4) is 0 Å². The molecule has 0 fully saturated rings. The monoisotopic (exact) mass is 392 g/mol. The number of hydrogen-bond acceptors (Lipinski definition) is 4. The summed E-state index contributed by atoms with van der Waals surface area (Å²) >= 11 is 0. The van der Waals surface area contributed by atoms with Gasteiger partial charge < -0.3 is 14.4 Å². The van der Waals surface area contributed by atoms with Crippen molar-refractivity contribution in [1.82, 2.24) is 9.88 Å². The molecule has 4 rings (SSSR count). The number of hydrogen-bond donors (Lipinski definition) is 0. The maximum atomic E-state index is 13.0. The number of aromatic nitrogens is 1. The van der Waals surface area contributed by atoms with Gasteiger partial charge in [-0.25, -0.2) is 4.39 Å². The van der Waals surface area contributed by atoms with Crippen molar-refractivity contribution in [2.45, 2.75) is 19.5 Å². The summed E-state index contributed by atoms with van der Waals surface area (Å²) in [7, 11) is 0. The predicted octanol–water partition coefficient (Wildman–Crippen LogP) is 4.08. The highest BCUT2D eigenvalue weighted by molar-refractivity contribution is 5.78. The van der Waals surface area contributed by atoms with Crippen molar-refractivity contribution in [3.8, 4) is 22.6 Å².